The van der Waals surface area contributed by atoms with E-state index < -0.39 is 12.3 Å². The van der Waals surface area contributed by atoms with E-state index in [2.05, 4.69) is 0 Å². The SMILES string of the molecule is COc1ccc(C2=CC(=O)OC(c3ccccc3)O2)cc1. The van der Waals surface area contributed by atoms with Crippen molar-refractivity contribution in [1.29, 1.82) is 0 Å². The van der Waals surface area contributed by atoms with Crippen LogP contribution in [0.25, 0.3) is 5.76 Å². The number of cyclic esters (lactones) is 1. The summed E-state index contributed by atoms with van der Waals surface area (Å²) in [5.74, 6) is 0.820. The Kier molecular flexibility index (Phi) is 3.60. The van der Waals surface area contributed by atoms with Crippen LogP contribution in [0.3, 0.4) is 0 Å². The predicted octanol–water partition coefficient (Wildman–Crippen LogP) is 3.31. The largest absolute Gasteiger partial charge is 0.497 e. The molecular formula is C17H14O4. The molecule has 1 aliphatic rings. The molecule has 21 heavy (non-hydrogen) atoms. The first-order valence-electron chi connectivity index (χ1n) is 6.54. The standard InChI is InChI=1S/C17H14O4/c1-19-14-9-7-12(8-10-14)15-11-16(18)21-17(20-15)13-5-3-2-4-6-13/h2-11,17H,1H3. The molecular weight excluding hydrogens is 268 g/mol. The van der Waals surface area contributed by atoms with E-state index in [0.717, 1.165) is 16.9 Å². The molecule has 106 valence electrons. The molecule has 0 amide bonds. The lowest BCUT2D eigenvalue weighted by Gasteiger charge is -2.24. The van der Waals surface area contributed by atoms with Crippen molar-refractivity contribution in [1.82, 2.24) is 0 Å². The summed E-state index contributed by atoms with van der Waals surface area (Å²) in [6.45, 7) is 0. The summed E-state index contributed by atoms with van der Waals surface area (Å²) in [5, 5.41) is 0. The molecule has 1 unspecified atom stereocenters. The van der Waals surface area contributed by atoms with Crippen LogP contribution in [0, 0.1) is 0 Å². The molecule has 1 atom stereocenters. The summed E-state index contributed by atoms with van der Waals surface area (Å²) in [6.07, 6.45) is 0.627. The number of carbonyl (C=O) groups excluding carboxylic acids is 1. The zero-order valence-corrected chi connectivity index (χ0v) is 11.5. The van der Waals surface area contributed by atoms with Crippen molar-refractivity contribution < 1.29 is 19.0 Å². The van der Waals surface area contributed by atoms with Gasteiger partial charge in [-0.1, -0.05) is 30.3 Å². The lowest BCUT2D eigenvalue weighted by molar-refractivity contribution is -0.166. The first-order chi connectivity index (χ1) is 10.3. The highest BCUT2D eigenvalue weighted by Crippen LogP contribution is 2.31. The predicted molar refractivity (Wildman–Crippen MR) is 77.3 cm³/mol. The van der Waals surface area contributed by atoms with Crippen molar-refractivity contribution in [2.24, 2.45) is 0 Å². The van der Waals surface area contributed by atoms with Crippen LogP contribution < -0.4 is 4.74 Å². The second kappa shape index (κ2) is 5.71. The molecule has 4 heteroatoms. The molecule has 0 saturated heterocycles. The fourth-order valence-electron chi connectivity index (χ4n) is 2.07. The van der Waals surface area contributed by atoms with Gasteiger partial charge in [0.2, 0.25) is 0 Å². The van der Waals surface area contributed by atoms with Crippen molar-refractivity contribution in [2.75, 3.05) is 7.11 Å². The zero-order valence-electron chi connectivity index (χ0n) is 11.5. The second-order valence-electron chi connectivity index (χ2n) is 4.53. The Hall–Kier alpha value is -2.75. The summed E-state index contributed by atoms with van der Waals surface area (Å²) >= 11 is 0. The maximum Gasteiger partial charge on any atom is 0.337 e. The third-order valence-corrected chi connectivity index (χ3v) is 3.15. The number of rotatable bonds is 3. The van der Waals surface area contributed by atoms with Gasteiger partial charge in [-0.25, -0.2) is 4.79 Å². The Bertz CT molecular complexity index is 659. The molecule has 0 aliphatic carbocycles. The molecule has 1 heterocycles. The molecule has 2 aromatic rings. The van der Waals surface area contributed by atoms with Gasteiger partial charge in [-0.05, 0) is 24.3 Å². The summed E-state index contributed by atoms with van der Waals surface area (Å²) in [7, 11) is 1.61. The normalized spacial score (nSPS) is 17.5. The number of hydrogen-bond donors (Lipinski definition) is 0. The van der Waals surface area contributed by atoms with E-state index in [4.69, 9.17) is 14.2 Å². The fourth-order valence-corrected chi connectivity index (χ4v) is 2.07. The number of esters is 1. The van der Waals surface area contributed by atoms with Gasteiger partial charge in [-0.3, -0.25) is 0 Å². The average Bonchev–Trinajstić information content (AvgIpc) is 2.55. The first-order valence-corrected chi connectivity index (χ1v) is 6.54. The topological polar surface area (TPSA) is 44.8 Å². The second-order valence-corrected chi connectivity index (χ2v) is 4.53. The number of methoxy groups -OCH3 is 1. The van der Waals surface area contributed by atoms with E-state index in [9.17, 15) is 4.79 Å². The van der Waals surface area contributed by atoms with Gasteiger partial charge in [-0.15, -0.1) is 0 Å². The van der Waals surface area contributed by atoms with E-state index in [1.807, 2.05) is 54.6 Å². The van der Waals surface area contributed by atoms with Crippen LogP contribution >= 0.6 is 0 Å². The molecule has 0 saturated carbocycles. The van der Waals surface area contributed by atoms with Gasteiger partial charge in [-0.2, -0.15) is 0 Å². The molecule has 0 spiro atoms. The van der Waals surface area contributed by atoms with Crippen LogP contribution in [0.5, 0.6) is 5.75 Å². The average molecular weight is 282 g/mol. The Morgan fingerprint density at radius 2 is 1.67 bits per heavy atom. The van der Waals surface area contributed by atoms with Crippen LogP contribution in [0.4, 0.5) is 0 Å². The monoisotopic (exact) mass is 282 g/mol. The molecule has 0 aromatic heterocycles. The molecule has 1 aliphatic heterocycles. The Labute approximate surface area is 122 Å². The number of ether oxygens (including phenoxy) is 3. The smallest absolute Gasteiger partial charge is 0.337 e. The van der Waals surface area contributed by atoms with Crippen LogP contribution in [-0.4, -0.2) is 13.1 Å². The van der Waals surface area contributed by atoms with Gasteiger partial charge in [0.1, 0.15) is 11.5 Å². The summed E-state index contributed by atoms with van der Waals surface area (Å²) < 4.78 is 16.1. The molecule has 0 radical (unpaired) electrons. The molecule has 0 bridgehead atoms. The van der Waals surface area contributed by atoms with E-state index in [0.29, 0.717) is 5.76 Å². The third kappa shape index (κ3) is 2.89. The van der Waals surface area contributed by atoms with E-state index >= 15 is 0 Å². The van der Waals surface area contributed by atoms with Gasteiger partial charge in [0.15, 0.2) is 0 Å². The van der Waals surface area contributed by atoms with Crippen molar-refractivity contribution in [3.8, 4) is 5.75 Å². The van der Waals surface area contributed by atoms with Crippen molar-refractivity contribution in [2.45, 2.75) is 6.29 Å². The highest BCUT2D eigenvalue weighted by Gasteiger charge is 2.24. The third-order valence-electron chi connectivity index (χ3n) is 3.15. The van der Waals surface area contributed by atoms with Crippen LogP contribution in [-0.2, 0) is 14.3 Å². The highest BCUT2D eigenvalue weighted by atomic mass is 16.7. The Morgan fingerprint density at radius 3 is 2.33 bits per heavy atom. The molecule has 2 aromatic carbocycles. The van der Waals surface area contributed by atoms with Gasteiger partial charge >= 0.3 is 5.97 Å². The van der Waals surface area contributed by atoms with Crippen LogP contribution in [0.15, 0.2) is 60.7 Å². The number of benzene rings is 2. The van der Waals surface area contributed by atoms with Gasteiger partial charge in [0.05, 0.1) is 13.2 Å². The lowest BCUT2D eigenvalue weighted by Crippen LogP contribution is -2.18. The minimum absolute atomic E-state index is 0.416. The van der Waals surface area contributed by atoms with Gasteiger partial charge in [0, 0.05) is 11.1 Å². The van der Waals surface area contributed by atoms with Crippen LogP contribution in [0.1, 0.15) is 17.4 Å². The molecule has 0 N–H and O–H groups in total. The summed E-state index contributed by atoms with van der Waals surface area (Å²) in [6, 6.07) is 16.7. The van der Waals surface area contributed by atoms with Crippen LogP contribution in [0.2, 0.25) is 0 Å². The number of hydrogen-bond acceptors (Lipinski definition) is 4. The minimum atomic E-state index is -0.721. The van der Waals surface area contributed by atoms with Crippen molar-refractivity contribution in [3.63, 3.8) is 0 Å². The summed E-state index contributed by atoms with van der Waals surface area (Å²) in [5.41, 5.74) is 1.60. The highest BCUT2D eigenvalue weighted by molar-refractivity contribution is 5.91. The Balaban J connectivity index is 1.86. The summed E-state index contributed by atoms with van der Waals surface area (Å²) in [4.78, 5) is 11.8. The minimum Gasteiger partial charge on any atom is -0.497 e. The Morgan fingerprint density at radius 1 is 0.952 bits per heavy atom. The fraction of sp³-hybridized carbons (Fsp3) is 0.118. The lowest BCUT2D eigenvalue weighted by atomic mass is 10.1. The van der Waals surface area contributed by atoms with E-state index in [-0.39, 0.29) is 0 Å². The van der Waals surface area contributed by atoms with E-state index in [1.165, 1.54) is 6.08 Å². The van der Waals surface area contributed by atoms with Gasteiger partial charge < -0.3 is 14.2 Å². The van der Waals surface area contributed by atoms with Crippen molar-refractivity contribution in [3.05, 3.63) is 71.8 Å². The molecule has 3 rings (SSSR count). The molecule has 0 fully saturated rings. The first kappa shape index (κ1) is 13.2. The zero-order chi connectivity index (χ0) is 14.7. The van der Waals surface area contributed by atoms with E-state index in [1.54, 1.807) is 7.11 Å². The maximum absolute atomic E-state index is 11.8. The van der Waals surface area contributed by atoms with Gasteiger partial charge in [0.25, 0.3) is 6.29 Å². The number of carbonyl (C=O) groups is 1. The maximum atomic E-state index is 11.8. The molecule has 4 nitrogen and oxygen atoms in total. The van der Waals surface area contributed by atoms with Crippen molar-refractivity contribution >= 4 is 11.7 Å². The quantitative estimate of drug-likeness (QED) is 0.810.